The van der Waals surface area contributed by atoms with Crippen LogP contribution >= 0.6 is 0 Å². The van der Waals surface area contributed by atoms with Crippen LogP contribution in [0.1, 0.15) is 17.0 Å². The summed E-state index contributed by atoms with van der Waals surface area (Å²) in [6.07, 6.45) is 0. The van der Waals surface area contributed by atoms with Gasteiger partial charge in [0.05, 0.1) is 11.6 Å². The van der Waals surface area contributed by atoms with Crippen LogP contribution in [0.5, 0.6) is 5.75 Å². The smallest absolute Gasteiger partial charge is 0.205 e. The number of nitrogens with zero attached hydrogens (tertiary/aromatic N) is 1. The Morgan fingerprint density at radius 2 is 2.00 bits per heavy atom. The molecule has 5 heteroatoms. The van der Waals surface area contributed by atoms with E-state index >= 15 is 0 Å². The predicted octanol–water partition coefficient (Wildman–Crippen LogP) is 3.86. The monoisotopic (exact) mass is 320 g/mol. The second-order valence-electron chi connectivity index (χ2n) is 5.74. The van der Waals surface area contributed by atoms with E-state index < -0.39 is 11.8 Å². The van der Waals surface area contributed by atoms with E-state index in [0.29, 0.717) is 17.1 Å². The third-order valence-electron chi connectivity index (χ3n) is 4.36. The SMILES string of the molecule is N#CC1C(=N)OC2=C(COc3ccccc32)C1c1cccc(F)c1. The Morgan fingerprint density at radius 3 is 2.79 bits per heavy atom. The molecule has 2 aliphatic heterocycles. The Balaban J connectivity index is 1.93. The topological polar surface area (TPSA) is 66.1 Å². The first kappa shape index (κ1) is 14.5. The van der Waals surface area contributed by atoms with Gasteiger partial charge in [-0.25, -0.2) is 4.39 Å². The molecule has 2 aromatic rings. The predicted molar refractivity (Wildman–Crippen MR) is 85.9 cm³/mol. The average molecular weight is 320 g/mol. The van der Waals surface area contributed by atoms with Crippen LogP contribution in [0.3, 0.4) is 0 Å². The highest BCUT2D eigenvalue weighted by molar-refractivity contribution is 5.91. The highest BCUT2D eigenvalue weighted by Gasteiger charge is 2.41. The van der Waals surface area contributed by atoms with E-state index in [1.807, 2.05) is 24.3 Å². The van der Waals surface area contributed by atoms with Crippen molar-refractivity contribution in [2.75, 3.05) is 6.61 Å². The van der Waals surface area contributed by atoms with Crippen molar-refractivity contribution in [2.24, 2.45) is 5.92 Å². The summed E-state index contributed by atoms with van der Waals surface area (Å²) in [5.41, 5.74) is 2.16. The molecule has 2 unspecified atom stereocenters. The fraction of sp³-hybridized carbons (Fsp3) is 0.158. The molecular formula is C19H13FN2O2. The largest absolute Gasteiger partial charge is 0.488 e. The lowest BCUT2D eigenvalue weighted by Crippen LogP contribution is -2.33. The van der Waals surface area contributed by atoms with Gasteiger partial charge in [0.15, 0.2) is 0 Å². The molecule has 0 aromatic heterocycles. The van der Waals surface area contributed by atoms with Crippen LogP contribution < -0.4 is 4.74 Å². The molecule has 118 valence electrons. The molecule has 0 spiro atoms. The summed E-state index contributed by atoms with van der Waals surface area (Å²) in [7, 11) is 0. The fourth-order valence-electron chi connectivity index (χ4n) is 3.28. The molecular weight excluding hydrogens is 307 g/mol. The number of para-hydroxylation sites is 1. The van der Waals surface area contributed by atoms with E-state index in [1.54, 1.807) is 12.1 Å². The molecule has 4 nitrogen and oxygen atoms in total. The molecule has 0 bridgehead atoms. The van der Waals surface area contributed by atoms with Crippen molar-refractivity contribution in [3.8, 4) is 11.8 Å². The van der Waals surface area contributed by atoms with Crippen LogP contribution in [-0.2, 0) is 4.74 Å². The van der Waals surface area contributed by atoms with E-state index in [-0.39, 0.29) is 18.3 Å². The van der Waals surface area contributed by atoms with Gasteiger partial charge in [-0.3, -0.25) is 5.41 Å². The third kappa shape index (κ3) is 2.16. The molecule has 1 N–H and O–H groups in total. The van der Waals surface area contributed by atoms with Gasteiger partial charge in [-0.1, -0.05) is 24.3 Å². The summed E-state index contributed by atoms with van der Waals surface area (Å²) in [5.74, 6) is -0.543. The van der Waals surface area contributed by atoms with Gasteiger partial charge in [0.25, 0.3) is 0 Å². The number of hydrogen-bond acceptors (Lipinski definition) is 4. The Hall–Kier alpha value is -3.13. The first-order chi connectivity index (χ1) is 11.7. The molecule has 0 saturated heterocycles. The number of halogens is 1. The summed E-state index contributed by atoms with van der Waals surface area (Å²) >= 11 is 0. The quantitative estimate of drug-likeness (QED) is 0.867. The van der Waals surface area contributed by atoms with Crippen LogP contribution in [0.15, 0.2) is 54.1 Å². The van der Waals surface area contributed by atoms with Crippen molar-refractivity contribution < 1.29 is 13.9 Å². The maximum absolute atomic E-state index is 13.7. The average Bonchev–Trinajstić information content (AvgIpc) is 2.60. The zero-order valence-electron chi connectivity index (χ0n) is 12.6. The van der Waals surface area contributed by atoms with Gasteiger partial charge in [0.1, 0.15) is 29.9 Å². The molecule has 0 saturated carbocycles. The van der Waals surface area contributed by atoms with Crippen LogP contribution in [0.25, 0.3) is 5.76 Å². The van der Waals surface area contributed by atoms with Gasteiger partial charge in [-0.2, -0.15) is 5.26 Å². The molecule has 0 amide bonds. The number of nitrogens with one attached hydrogen (secondary N) is 1. The molecule has 0 aliphatic carbocycles. The number of benzene rings is 2. The van der Waals surface area contributed by atoms with Gasteiger partial charge in [0.2, 0.25) is 5.90 Å². The zero-order valence-corrected chi connectivity index (χ0v) is 12.6. The molecule has 0 fully saturated rings. The molecule has 2 aliphatic rings. The van der Waals surface area contributed by atoms with Crippen LogP contribution in [0.2, 0.25) is 0 Å². The van der Waals surface area contributed by atoms with E-state index in [2.05, 4.69) is 6.07 Å². The van der Waals surface area contributed by atoms with Crippen molar-refractivity contribution in [1.29, 1.82) is 10.7 Å². The van der Waals surface area contributed by atoms with E-state index in [9.17, 15) is 9.65 Å². The van der Waals surface area contributed by atoms with Crippen molar-refractivity contribution in [2.45, 2.75) is 5.92 Å². The van der Waals surface area contributed by atoms with E-state index in [4.69, 9.17) is 14.9 Å². The number of fused-ring (bicyclic) bond motifs is 2. The minimum atomic E-state index is -0.806. The zero-order chi connectivity index (χ0) is 16.7. The Bertz CT molecular complexity index is 914. The molecule has 4 rings (SSSR count). The lowest BCUT2D eigenvalue weighted by Gasteiger charge is -2.35. The van der Waals surface area contributed by atoms with E-state index in [1.165, 1.54) is 12.1 Å². The number of rotatable bonds is 1. The Morgan fingerprint density at radius 1 is 1.17 bits per heavy atom. The van der Waals surface area contributed by atoms with Crippen molar-refractivity contribution >= 4 is 11.7 Å². The summed E-state index contributed by atoms with van der Waals surface area (Å²) in [6, 6.07) is 15.7. The molecule has 0 radical (unpaired) electrons. The summed E-state index contributed by atoms with van der Waals surface area (Å²) in [5, 5.41) is 17.7. The molecule has 2 heterocycles. The van der Waals surface area contributed by atoms with Gasteiger partial charge in [-0.15, -0.1) is 0 Å². The van der Waals surface area contributed by atoms with Gasteiger partial charge in [-0.05, 0) is 29.8 Å². The lowest BCUT2D eigenvalue weighted by molar-refractivity contribution is 0.304. The molecule has 2 aromatic carbocycles. The van der Waals surface area contributed by atoms with Crippen LogP contribution in [-0.4, -0.2) is 12.5 Å². The van der Waals surface area contributed by atoms with Crippen LogP contribution in [0, 0.1) is 28.5 Å². The Kier molecular flexibility index (Phi) is 3.31. The van der Waals surface area contributed by atoms with Gasteiger partial charge in [0, 0.05) is 11.5 Å². The number of nitriles is 1. The maximum Gasteiger partial charge on any atom is 0.205 e. The van der Waals surface area contributed by atoms with Crippen molar-refractivity contribution in [1.82, 2.24) is 0 Å². The van der Waals surface area contributed by atoms with Gasteiger partial charge < -0.3 is 9.47 Å². The van der Waals surface area contributed by atoms with Crippen LogP contribution in [0.4, 0.5) is 4.39 Å². The molecule has 2 atom stereocenters. The highest BCUT2D eigenvalue weighted by atomic mass is 19.1. The second kappa shape index (κ2) is 5.50. The van der Waals surface area contributed by atoms with Crippen molar-refractivity contribution in [3.05, 3.63) is 71.0 Å². The first-order valence-electron chi connectivity index (χ1n) is 7.55. The number of hydrogen-bond donors (Lipinski definition) is 1. The minimum absolute atomic E-state index is 0.123. The summed E-state index contributed by atoms with van der Waals surface area (Å²) in [6.45, 7) is 0.249. The maximum atomic E-state index is 13.7. The summed E-state index contributed by atoms with van der Waals surface area (Å²) < 4.78 is 25.2. The minimum Gasteiger partial charge on any atom is -0.488 e. The lowest BCUT2D eigenvalue weighted by atomic mass is 9.77. The standard InChI is InChI=1S/C19H13FN2O2/c20-12-5-3-4-11(8-12)17-14(9-21)19(22)24-18-13-6-1-2-7-16(13)23-10-15(17)18/h1-8,14,17,22H,10H2. The number of ether oxygens (including phenoxy) is 2. The third-order valence-corrected chi connectivity index (χ3v) is 4.36. The normalized spacial score (nSPS) is 21.9. The Labute approximate surface area is 138 Å². The first-order valence-corrected chi connectivity index (χ1v) is 7.55. The van der Waals surface area contributed by atoms with Crippen molar-refractivity contribution in [3.63, 3.8) is 0 Å². The van der Waals surface area contributed by atoms with Gasteiger partial charge >= 0.3 is 0 Å². The second-order valence-corrected chi connectivity index (χ2v) is 5.74. The summed E-state index contributed by atoms with van der Waals surface area (Å²) in [4.78, 5) is 0. The van der Waals surface area contributed by atoms with E-state index in [0.717, 1.165) is 11.1 Å². The highest BCUT2D eigenvalue weighted by Crippen LogP contribution is 2.46. The fourth-order valence-corrected chi connectivity index (χ4v) is 3.28. The molecule has 24 heavy (non-hydrogen) atoms.